The number of benzene rings is 6. The maximum atomic E-state index is 11.9. The van der Waals surface area contributed by atoms with Crippen LogP contribution in [0.25, 0.3) is 32.9 Å². The first kappa shape index (κ1) is 40.3. The molecule has 2 heterocycles. The van der Waals surface area contributed by atoms with Gasteiger partial charge in [-0.2, -0.15) is 10.2 Å². The molecule has 0 fully saturated rings. The monoisotopic (exact) mass is 815 g/mol. The van der Waals surface area contributed by atoms with Gasteiger partial charge in [-0.15, -0.1) is 0 Å². The molecular formula is C45H36CoN6O6. The Hall–Kier alpha value is -7.35. The van der Waals surface area contributed by atoms with Crippen LogP contribution < -0.4 is 0 Å². The van der Waals surface area contributed by atoms with Gasteiger partial charge in [-0.3, -0.25) is 9.98 Å². The summed E-state index contributed by atoms with van der Waals surface area (Å²) < 4.78 is 2.86. The molecule has 1 radical (unpaired) electrons. The van der Waals surface area contributed by atoms with E-state index in [-0.39, 0.29) is 39.7 Å². The summed E-state index contributed by atoms with van der Waals surface area (Å²) in [4.78, 5) is 32.3. The third-order valence-corrected chi connectivity index (χ3v) is 9.43. The molecule has 0 bridgehead atoms. The van der Waals surface area contributed by atoms with Gasteiger partial charge >= 0.3 is 11.9 Å². The number of hydrogen-bond acceptors (Lipinski definition) is 8. The number of carbonyl (C=O) groups is 2. The SMILES string of the molecule is Cc1nn(-c2ccccc2)c(O)c1C=Nc1cc2ccccc2c(C)c1C(=O)O.Cc1nn(-c2ccccc2)c(O)c1C=Nc1cc2ccccc2cc1C(=O)O.[Co]. The molecule has 4 N–H and O–H groups in total. The Labute approximate surface area is 342 Å². The van der Waals surface area contributed by atoms with Gasteiger partial charge in [-0.05, 0) is 90.3 Å². The van der Waals surface area contributed by atoms with Crippen LogP contribution >= 0.6 is 0 Å². The van der Waals surface area contributed by atoms with Crippen molar-refractivity contribution >= 4 is 57.3 Å². The number of aryl methyl sites for hydroxylation is 3. The molecular weight excluding hydrogens is 779 g/mol. The molecule has 0 saturated carbocycles. The maximum absolute atomic E-state index is 11.9. The van der Waals surface area contributed by atoms with Crippen LogP contribution in [0.1, 0.15) is 48.8 Å². The summed E-state index contributed by atoms with van der Waals surface area (Å²) in [5.41, 5.74) is 5.05. The van der Waals surface area contributed by atoms with E-state index >= 15 is 0 Å². The van der Waals surface area contributed by atoms with Crippen molar-refractivity contribution in [1.29, 1.82) is 0 Å². The third-order valence-electron chi connectivity index (χ3n) is 9.43. The number of rotatable bonds is 8. The van der Waals surface area contributed by atoms with Crippen LogP contribution in [0.5, 0.6) is 11.8 Å². The minimum absolute atomic E-state index is 0. The van der Waals surface area contributed by atoms with E-state index < -0.39 is 11.9 Å². The fourth-order valence-corrected chi connectivity index (χ4v) is 6.51. The topological polar surface area (TPSA) is 175 Å². The molecule has 8 rings (SSSR count). The first-order chi connectivity index (χ1) is 27.5. The van der Waals surface area contributed by atoms with Gasteiger partial charge in [-0.25, -0.2) is 19.0 Å². The summed E-state index contributed by atoms with van der Waals surface area (Å²) in [5, 5.41) is 52.7. The van der Waals surface area contributed by atoms with Crippen molar-refractivity contribution in [1.82, 2.24) is 19.6 Å². The smallest absolute Gasteiger partial charge is 0.338 e. The molecule has 291 valence electrons. The number of aliphatic imine (C=N–C) groups is 2. The summed E-state index contributed by atoms with van der Waals surface area (Å²) in [6.45, 7) is 5.31. The minimum Gasteiger partial charge on any atom is -0.493 e. The molecule has 12 nitrogen and oxygen atoms in total. The average Bonchev–Trinajstić information content (AvgIpc) is 3.67. The van der Waals surface area contributed by atoms with E-state index in [4.69, 9.17) is 0 Å². The Balaban J connectivity index is 0.000000192. The molecule has 2 aromatic heterocycles. The van der Waals surface area contributed by atoms with Crippen LogP contribution in [0, 0.1) is 20.8 Å². The zero-order chi connectivity index (χ0) is 40.2. The van der Waals surface area contributed by atoms with Crippen LogP contribution in [0.3, 0.4) is 0 Å². The van der Waals surface area contributed by atoms with Crippen molar-refractivity contribution in [2.45, 2.75) is 20.8 Å². The summed E-state index contributed by atoms with van der Waals surface area (Å²) in [7, 11) is 0. The summed E-state index contributed by atoms with van der Waals surface area (Å²) in [6.07, 6.45) is 2.92. The number of aromatic hydroxyl groups is 2. The Morgan fingerprint density at radius 3 is 1.50 bits per heavy atom. The summed E-state index contributed by atoms with van der Waals surface area (Å²) in [6, 6.07) is 38.7. The third kappa shape index (κ3) is 8.12. The summed E-state index contributed by atoms with van der Waals surface area (Å²) in [5.74, 6) is -2.20. The second-order valence-corrected chi connectivity index (χ2v) is 13.1. The predicted octanol–water partition coefficient (Wildman–Crippen LogP) is 9.28. The van der Waals surface area contributed by atoms with Crippen molar-refractivity contribution in [2.75, 3.05) is 0 Å². The van der Waals surface area contributed by atoms with Crippen molar-refractivity contribution in [3.63, 3.8) is 0 Å². The average molecular weight is 816 g/mol. The molecule has 0 aliphatic carbocycles. The molecule has 6 aromatic carbocycles. The van der Waals surface area contributed by atoms with E-state index in [2.05, 4.69) is 20.2 Å². The van der Waals surface area contributed by atoms with Gasteiger partial charge in [0.05, 0.1) is 56.4 Å². The Morgan fingerprint density at radius 2 is 1.00 bits per heavy atom. The molecule has 58 heavy (non-hydrogen) atoms. The van der Waals surface area contributed by atoms with Gasteiger partial charge in [0.25, 0.3) is 0 Å². The zero-order valence-electron chi connectivity index (χ0n) is 31.4. The molecule has 0 aliphatic rings. The fourth-order valence-electron chi connectivity index (χ4n) is 6.51. The molecule has 0 unspecified atom stereocenters. The summed E-state index contributed by atoms with van der Waals surface area (Å²) >= 11 is 0. The van der Waals surface area contributed by atoms with Crippen LogP contribution in [0.15, 0.2) is 137 Å². The quantitative estimate of drug-likeness (QED) is 0.110. The van der Waals surface area contributed by atoms with Crippen LogP contribution in [0.2, 0.25) is 0 Å². The van der Waals surface area contributed by atoms with Crippen molar-refractivity contribution in [3.05, 3.63) is 167 Å². The number of carboxylic acids is 2. The zero-order valence-corrected chi connectivity index (χ0v) is 32.4. The van der Waals surface area contributed by atoms with E-state index in [1.807, 2.05) is 109 Å². The second-order valence-electron chi connectivity index (χ2n) is 13.1. The van der Waals surface area contributed by atoms with E-state index in [1.165, 1.54) is 21.8 Å². The first-order valence-electron chi connectivity index (χ1n) is 17.8. The number of para-hydroxylation sites is 2. The van der Waals surface area contributed by atoms with Crippen molar-refractivity contribution < 1.29 is 46.8 Å². The van der Waals surface area contributed by atoms with Crippen LogP contribution in [0.4, 0.5) is 11.4 Å². The second kappa shape index (κ2) is 17.2. The Morgan fingerprint density at radius 1 is 0.569 bits per heavy atom. The van der Waals surface area contributed by atoms with Gasteiger partial charge in [0.15, 0.2) is 0 Å². The maximum Gasteiger partial charge on any atom is 0.338 e. The van der Waals surface area contributed by atoms with Gasteiger partial charge < -0.3 is 20.4 Å². The van der Waals surface area contributed by atoms with Crippen molar-refractivity contribution in [3.8, 4) is 23.1 Å². The van der Waals surface area contributed by atoms with Gasteiger partial charge in [-0.1, -0.05) is 84.9 Å². The minimum atomic E-state index is -1.06. The number of aromatic nitrogens is 4. The molecule has 13 heteroatoms. The molecule has 0 amide bonds. The standard InChI is InChI=1S/C23H19N3O3.C22H17N3O3.Co/c1-14-18-11-7-6-8-16(18)12-20(21(14)23(28)29)24-13-19-15(2)25-26(22(19)27)17-9-4-3-5-10-17;1-14-19(21(26)25(24-14)17-9-3-2-4-10-17)13-23-20-12-16-8-6-5-7-15(16)11-18(20)22(27)28;/h3-13,27H,1-2H3,(H,28,29);2-13,26H,1H3,(H,27,28);. The number of nitrogens with zero attached hydrogens (tertiary/aromatic N) is 6. The number of hydrogen-bond donors (Lipinski definition) is 4. The Bertz CT molecular complexity index is 2870. The van der Waals surface area contributed by atoms with Gasteiger partial charge in [0.2, 0.25) is 11.8 Å². The van der Waals surface area contributed by atoms with Crippen LogP contribution in [-0.4, -0.2) is 64.4 Å². The van der Waals surface area contributed by atoms with E-state index in [0.29, 0.717) is 39.5 Å². The van der Waals surface area contributed by atoms with E-state index in [0.717, 1.165) is 32.9 Å². The van der Waals surface area contributed by atoms with E-state index in [9.17, 15) is 30.0 Å². The molecule has 0 atom stereocenters. The normalized spacial score (nSPS) is 11.2. The fraction of sp³-hybridized carbons (Fsp3) is 0.0667. The van der Waals surface area contributed by atoms with Crippen LogP contribution in [-0.2, 0) is 16.8 Å². The molecule has 8 aromatic rings. The Kier molecular flexibility index (Phi) is 12.0. The number of fused-ring (bicyclic) bond motifs is 2. The van der Waals surface area contributed by atoms with Gasteiger partial charge in [0.1, 0.15) is 0 Å². The first-order valence-corrected chi connectivity index (χ1v) is 17.8. The largest absolute Gasteiger partial charge is 0.493 e. The number of carboxylic acid groups (broad SMARTS) is 2. The van der Waals surface area contributed by atoms with E-state index in [1.54, 1.807) is 39.0 Å². The molecule has 0 spiro atoms. The predicted molar refractivity (Wildman–Crippen MR) is 221 cm³/mol. The molecule has 0 aliphatic heterocycles. The number of aromatic carboxylic acids is 2. The van der Waals surface area contributed by atoms with Crippen molar-refractivity contribution in [2.24, 2.45) is 9.98 Å². The molecule has 0 saturated heterocycles. The van der Waals surface area contributed by atoms with Gasteiger partial charge in [0, 0.05) is 29.2 Å².